The van der Waals surface area contributed by atoms with Crippen LogP contribution >= 0.6 is 0 Å². The SMILES string of the molecule is CCCNCCS(=O)(=O)NCC1(CC)CC1. The predicted molar refractivity (Wildman–Crippen MR) is 66.9 cm³/mol. The van der Waals surface area contributed by atoms with Gasteiger partial charge in [0.1, 0.15) is 0 Å². The van der Waals surface area contributed by atoms with Crippen molar-refractivity contribution in [2.75, 3.05) is 25.4 Å². The Kier molecular flexibility index (Phi) is 5.21. The highest BCUT2D eigenvalue weighted by Crippen LogP contribution is 2.47. The Morgan fingerprint density at radius 1 is 1.19 bits per heavy atom. The number of nitrogens with one attached hydrogen (secondary N) is 2. The third-order valence-corrected chi connectivity index (χ3v) is 4.67. The van der Waals surface area contributed by atoms with Crippen molar-refractivity contribution in [1.82, 2.24) is 10.0 Å². The second kappa shape index (κ2) is 5.98. The lowest BCUT2D eigenvalue weighted by atomic mass is 10.1. The van der Waals surface area contributed by atoms with E-state index in [1.54, 1.807) is 0 Å². The molecular formula is C11H24N2O2S. The fraction of sp³-hybridized carbons (Fsp3) is 1.00. The van der Waals surface area contributed by atoms with Crippen molar-refractivity contribution in [2.45, 2.75) is 39.5 Å². The molecule has 0 aliphatic heterocycles. The number of hydrogen-bond acceptors (Lipinski definition) is 3. The molecule has 0 spiro atoms. The maximum atomic E-state index is 11.6. The topological polar surface area (TPSA) is 58.2 Å². The van der Waals surface area contributed by atoms with E-state index >= 15 is 0 Å². The van der Waals surface area contributed by atoms with Gasteiger partial charge < -0.3 is 5.32 Å². The minimum absolute atomic E-state index is 0.187. The van der Waals surface area contributed by atoms with Gasteiger partial charge in [-0.2, -0.15) is 0 Å². The van der Waals surface area contributed by atoms with Gasteiger partial charge in [0.2, 0.25) is 10.0 Å². The van der Waals surface area contributed by atoms with Gasteiger partial charge in [0.25, 0.3) is 0 Å². The summed E-state index contributed by atoms with van der Waals surface area (Å²) in [7, 11) is -3.08. The van der Waals surface area contributed by atoms with Crippen molar-refractivity contribution >= 4 is 10.0 Å². The van der Waals surface area contributed by atoms with E-state index in [0.29, 0.717) is 13.1 Å². The normalized spacial score (nSPS) is 18.6. The first-order chi connectivity index (χ1) is 7.54. The largest absolute Gasteiger partial charge is 0.316 e. The molecule has 0 aromatic rings. The summed E-state index contributed by atoms with van der Waals surface area (Å²) >= 11 is 0. The van der Waals surface area contributed by atoms with Crippen LogP contribution in [0.25, 0.3) is 0 Å². The molecule has 0 bridgehead atoms. The van der Waals surface area contributed by atoms with E-state index in [1.165, 1.54) is 12.8 Å². The van der Waals surface area contributed by atoms with Crippen molar-refractivity contribution in [1.29, 1.82) is 0 Å². The Morgan fingerprint density at radius 2 is 1.88 bits per heavy atom. The molecule has 1 saturated carbocycles. The molecular weight excluding hydrogens is 224 g/mol. The number of hydrogen-bond donors (Lipinski definition) is 2. The minimum Gasteiger partial charge on any atom is -0.316 e. The van der Waals surface area contributed by atoms with Crippen molar-refractivity contribution in [3.63, 3.8) is 0 Å². The summed E-state index contributed by atoms with van der Waals surface area (Å²) in [5, 5.41) is 3.10. The minimum atomic E-state index is -3.08. The van der Waals surface area contributed by atoms with Crippen LogP contribution < -0.4 is 10.0 Å². The standard InChI is InChI=1S/C11H24N2O2S/c1-3-7-12-8-9-16(14,15)13-10-11(4-2)5-6-11/h12-13H,3-10H2,1-2H3. The number of sulfonamides is 1. The zero-order valence-corrected chi connectivity index (χ0v) is 11.2. The molecule has 2 N–H and O–H groups in total. The summed E-state index contributed by atoms with van der Waals surface area (Å²) in [6.07, 6.45) is 4.44. The van der Waals surface area contributed by atoms with Gasteiger partial charge in [0.15, 0.2) is 0 Å². The molecule has 1 aliphatic carbocycles. The van der Waals surface area contributed by atoms with E-state index in [-0.39, 0.29) is 11.2 Å². The molecule has 0 unspecified atom stereocenters. The summed E-state index contributed by atoms with van der Waals surface area (Å²) < 4.78 is 26.0. The van der Waals surface area contributed by atoms with Crippen LogP contribution in [-0.2, 0) is 10.0 Å². The van der Waals surface area contributed by atoms with Crippen molar-refractivity contribution < 1.29 is 8.42 Å². The Hall–Kier alpha value is -0.130. The van der Waals surface area contributed by atoms with Gasteiger partial charge in [-0.05, 0) is 37.6 Å². The molecule has 16 heavy (non-hydrogen) atoms. The lowest BCUT2D eigenvalue weighted by molar-refractivity contribution is 0.475. The molecule has 0 atom stereocenters. The van der Waals surface area contributed by atoms with Gasteiger partial charge >= 0.3 is 0 Å². The predicted octanol–water partition coefficient (Wildman–Crippen LogP) is 1.10. The summed E-state index contributed by atoms with van der Waals surface area (Å²) in [6.45, 7) is 6.25. The van der Waals surface area contributed by atoms with E-state index in [9.17, 15) is 8.42 Å². The molecule has 1 rings (SSSR count). The van der Waals surface area contributed by atoms with E-state index < -0.39 is 10.0 Å². The van der Waals surface area contributed by atoms with Crippen molar-refractivity contribution in [2.24, 2.45) is 5.41 Å². The second-order valence-corrected chi connectivity index (χ2v) is 6.67. The monoisotopic (exact) mass is 248 g/mol. The maximum absolute atomic E-state index is 11.6. The van der Waals surface area contributed by atoms with Crippen LogP contribution in [0.15, 0.2) is 0 Å². The summed E-state index contributed by atoms with van der Waals surface area (Å²) in [5.41, 5.74) is 0.282. The Balaban J connectivity index is 2.18. The third-order valence-electron chi connectivity index (χ3n) is 3.35. The first-order valence-electron chi connectivity index (χ1n) is 6.22. The summed E-state index contributed by atoms with van der Waals surface area (Å²) in [6, 6.07) is 0. The molecule has 0 aromatic heterocycles. The van der Waals surface area contributed by atoms with Crippen LogP contribution in [0.4, 0.5) is 0 Å². The molecule has 0 radical (unpaired) electrons. The zero-order valence-electron chi connectivity index (χ0n) is 10.4. The fourth-order valence-corrected chi connectivity index (χ4v) is 2.76. The van der Waals surface area contributed by atoms with E-state index in [2.05, 4.69) is 23.9 Å². The average molecular weight is 248 g/mol. The van der Waals surface area contributed by atoms with Gasteiger partial charge in [0.05, 0.1) is 5.75 Å². The third kappa shape index (κ3) is 4.80. The van der Waals surface area contributed by atoms with Crippen LogP contribution in [0.2, 0.25) is 0 Å². The van der Waals surface area contributed by atoms with Gasteiger partial charge in [-0.3, -0.25) is 0 Å². The molecule has 0 amide bonds. The Bertz CT molecular complexity index is 297. The van der Waals surface area contributed by atoms with Gasteiger partial charge in [-0.25, -0.2) is 13.1 Å². The van der Waals surface area contributed by atoms with Gasteiger partial charge in [-0.15, -0.1) is 0 Å². The van der Waals surface area contributed by atoms with Crippen molar-refractivity contribution in [3.05, 3.63) is 0 Å². The molecule has 0 aromatic carbocycles. The first-order valence-corrected chi connectivity index (χ1v) is 7.87. The van der Waals surface area contributed by atoms with Crippen LogP contribution in [0.3, 0.4) is 0 Å². The second-order valence-electron chi connectivity index (χ2n) is 4.74. The highest BCUT2D eigenvalue weighted by Gasteiger charge is 2.40. The molecule has 5 heteroatoms. The molecule has 96 valence electrons. The average Bonchev–Trinajstić information content (AvgIpc) is 3.03. The van der Waals surface area contributed by atoms with E-state index in [1.807, 2.05) is 0 Å². The molecule has 0 heterocycles. The Labute approximate surface area is 99.2 Å². The lowest BCUT2D eigenvalue weighted by Gasteiger charge is -2.13. The maximum Gasteiger partial charge on any atom is 0.212 e. The van der Waals surface area contributed by atoms with Crippen LogP contribution in [0, 0.1) is 5.41 Å². The summed E-state index contributed by atoms with van der Waals surface area (Å²) in [4.78, 5) is 0. The Morgan fingerprint density at radius 3 is 2.38 bits per heavy atom. The first kappa shape index (κ1) is 13.9. The fourth-order valence-electron chi connectivity index (χ4n) is 1.68. The molecule has 4 nitrogen and oxygen atoms in total. The zero-order chi connectivity index (χ0) is 12.1. The smallest absolute Gasteiger partial charge is 0.212 e. The number of rotatable bonds is 9. The quantitative estimate of drug-likeness (QED) is 0.601. The van der Waals surface area contributed by atoms with Crippen LogP contribution in [-0.4, -0.2) is 33.8 Å². The van der Waals surface area contributed by atoms with Crippen molar-refractivity contribution in [3.8, 4) is 0 Å². The summed E-state index contributed by atoms with van der Waals surface area (Å²) in [5.74, 6) is 0.187. The highest BCUT2D eigenvalue weighted by molar-refractivity contribution is 7.89. The van der Waals surface area contributed by atoms with Gasteiger partial charge in [0, 0.05) is 13.1 Å². The molecule has 1 fully saturated rings. The van der Waals surface area contributed by atoms with E-state index in [0.717, 1.165) is 19.4 Å². The van der Waals surface area contributed by atoms with Crippen LogP contribution in [0.1, 0.15) is 39.5 Å². The van der Waals surface area contributed by atoms with E-state index in [4.69, 9.17) is 0 Å². The highest BCUT2D eigenvalue weighted by atomic mass is 32.2. The van der Waals surface area contributed by atoms with Crippen LogP contribution in [0.5, 0.6) is 0 Å². The lowest BCUT2D eigenvalue weighted by Crippen LogP contribution is -2.35. The van der Waals surface area contributed by atoms with Gasteiger partial charge in [-0.1, -0.05) is 13.8 Å². The molecule has 0 saturated heterocycles. The molecule has 1 aliphatic rings.